The Kier molecular flexibility index (Phi) is 4.76. The third-order valence-electron chi connectivity index (χ3n) is 6.19. The van der Waals surface area contributed by atoms with E-state index >= 15 is 0 Å². The van der Waals surface area contributed by atoms with Crippen molar-refractivity contribution in [1.29, 1.82) is 0 Å². The minimum atomic E-state index is -4.58. The Balaban J connectivity index is 1.18. The third-order valence-corrected chi connectivity index (χ3v) is 7.25. The number of hydrogen-bond donors (Lipinski definition) is 0. The van der Waals surface area contributed by atoms with Crippen molar-refractivity contribution >= 4 is 28.3 Å². The molecule has 4 aromatic heterocycles. The van der Waals surface area contributed by atoms with E-state index < -0.39 is 24.8 Å². The predicted octanol–water partition coefficient (Wildman–Crippen LogP) is 3.87. The molecule has 4 aromatic rings. The van der Waals surface area contributed by atoms with Crippen LogP contribution in [-0.2, 0) is 12.7 Å². The number of alkyl halides is 5. The molecule has 1 saturated heterocycles. The molecule has 0 radical (unpaired) electrons. The zero-order valence-corrected chi connectivity index (χ0v) is 18.0. The highest BCUT2D eigenvalue weighted by molar-refractivity contribution is 7.14. The summed E-state index contributed by atoms with van der Waals surface area (Å²) >= 11 is 1.16. The molecule has 2 fully saturated rings. The average molecular weight is 494 g/mol. The van der Waals surface area contributed by atoms with Crippen molar-refractivity contribution in [2.24, 2.45) is 11.8 Å². The van der Waals surface area contributed by atoms with Gasteiger partial charge in [0.05, 0.1) is 12.4 Å². The first-order valence-electron chi connectivity index (χ1n) is 10.4. The molecule has 0 unspecified atom stereocenters. The van der Waals surface area contributed by atoms with E-state index in [-0.39, 0.29) is 28.3 Å². The van der Waals surface area contributed by atoms with Gasteiger partial charge in [-0.15, -0.1) is 10.2 Å². The number of nitrogens with zero attached hydrogens (tertiary/aromatic N) is 8. The van der Waals surface area contributed by atoms with Crippen molar-refractivity contribution in [1.82, 2.24) is 34.9 Å². The first-order valence-corrected chi connectivity index (χ1v) is 11.2. The summed E-state index contributed by atoms with van der Waals surface area (Å²) in [6, 6.07) is 2.80. The van der Waals surface area contributed by atoms with E-state index in [1.807, 2.05) is 4.90 Å². The highest BCUT2D eigenvalue weighted by Crippen LogP contribution is 2.59. The first-order chi connectivity index (χ1) is 16.3. The van der Waals surface area contributed by atoms with Gasteiger partial charge in [-0.05, 0) is 24.0 Å². The fourth-order valence-corrected chi connectivity index (χ4v) is 5.74. The lowest BCUT2D eigenvalue weighted by molar-refractivity contribution is -0.140. The van der Waals surface area contributed by atoms with Gasteiger partial charge in [-0.3, -0.25) is 4.98 Å². The van der Waals surface area contributed by atoms with Crippen LogP contribution in [0.15, 0.2) is 30.7 Å². The summed E-state index contributed by atoms with van der Waals surface area (Å²) in [5, 5.41) is 13.0. The van der Waals surface area contributed by atoms with E-state index in [0.717, 1.165) is 22.2 Å². The molecule has 14 heteroatoms. The normalized spacial score (nSPS) is 22.1. The van der Waals surface area contributed by atoms with E-state index in [0.29, 0.717) is 35.1 Å². The predicted molar refractivity (Wildman–Crippen MR) is 111 cm³/mol. The van der Waals surface area contributed by atoms with Crippen LogP contribution in [0, 0.1) is 11.8 Å². The molecule has 2 aliphatic rings. The van der Waals surface area contributed by atoms with Gasteiger partial charge in [0.25, 0.3) is 6.43 Å². The number of aromatic nitrogens is 7. The smallest absolute Gasteiger partial charge is 0.355 e. The molecule has 1 saturated carbocycles. The maximum atomic E-state index is 13.3. The number of halogens is 5. The second-order valence-corrected chi connectivity index (χ2v) is 9.27. The fourth-order valence-electron chi connectivity index (χ4n) is 4.62. The van der Waals surface area contributed by atoms with Gasteiger partial charge in [0.15, 0.2) is 11.3 Å². The van der Waals surface area contributed by atoms with Crippen molar-refractivity contribution < 1.29 is 22.0 Å². The lowest BCUT2D eigenvalue weighted by Crippen LogP contribution is -2.25. The largest absolute Gasteiger partial charge is 0.434 e. The van der Waals surface area contributed by atoms with Crippen LogP contribution in [0.2, 0.25) is 0 Å². The molecule has 176 valence electrons. The summed E-state index contributed by atoms with van der Waals surface area (Å²) in [5.74, 6) is 1.23. The van der Waals surface area contributed by atoms with Gasteiger partial charge >= 0.3 is 6.18 Å². The molecule has 34 heavy (non-hydrogen) atoms. The molecule has 1 aliphatic carbocycles. The molecule has 3 atom stereocenters. The van der Waals surface area contributed by atoms with Gasteiger partial charge in [-0.25, -0.2) is 23.4 Å². The quantitative estimate of drug-likeness (QED) is 0.390. The Morgan fingerprint density at radius 3 is 2.62 bits per heavy atom. The highest BCUT2D eigenvalue weighted by atomic mass is 32.1. The maximum Gasteiger partial charge on any atom is 0.434 e. The molecule has 0 bridgehead atoms. The van der Waals surface area contributed by atoms with Crippen LogP contribution in [0.5, 0.6) is 0 Å². The van der Waals surface area contributed by atoms with Crippen LogP contribution in [0.1, 0.15) is 16.6 Å². The topological polar surface area (TPSA) is 85.5 Å². The molecule has 0 amide bonds. The SMILES string of the molecule is FC(F)Cn1ncc2ncc(N3C[C@@H]4[C@H](C3)[C@@H]4c3nnc(-c4cccnc4C(F)(F)F)s3)nc21. The third kappa shape index (κ3) is 3.56. The Labute approximate surface area is 192 Å². The molecular weight excluding hydrogens is 479 g/mol. The zero-order valence-electron chi connectivity index (χ0n) is 17.2. The second-order valence-electron chi connectivity index (χ2n) is 8.26. The van der Waals surface area contributed by atoms with Crippen LogP contribution >= 0.6 is 11.3 Å². The van der Waals surface area contributed by atoms with Crippen molar-refractivity contribution in [2.45, 2.75) is 25.1 Å². The van der Waals surface area contributed by atoms with Gasteiger partial charge in [0.1, 0.15) is 27.9 Å². The van der Waals surface area contributed by atoms with Gasteiger partial charge in [-0.1, -0.05) is 11.3 Å². The Bertz CT molecular complexity index is 1360. The van der Waals surface area contributed by atoms with Crippen LogP contribution in [0.3, 0.4) is 0 Å². The fraction of sp³-hybridized carbons (Fsp3) is 0.400. The van der Waals surface area contributed by atoms with Gasteiger partial charge in [-0.2, -0.15) is 18.3 Å². The van der Waals surface area contributed by atoms with E-state index in [1.54, 1.807) is 6.20 Å². The van der Waals surface area contributed by atoms with E-state index in [4.69, 9.17) is 0 Å². The van der Waals surface area contributed by atoms with Crippen LogP contribution in [-0.4, -0.2) is 54.4 Å². The van der Waals surface area contributed by atoms with Crippen molar-refractivity contribution in [2.75, 3.05) is 18.0 Å². The summed E-state index contributed by atoms with van der Waals surface area (Å²) in [6.45, 7) is 0.767. The van der Waals surface area contributed by atoms with Crippen LogP contribution in [0.25, 0.3) is 21.7 Å². The maximum absolute atomic E-state index is 13.3. The van der Waals surface area contributed by atoms with E-state index in [9.17, 15) is 22.0 Å². The molecule has 0 N–H and O–H groups in total. The lowest BCUT2D eigenvalue weighted by atomic mass is 10.2. The van der Waals surface area contributed by atoms with Gasteiger partial charge in [0, 0.05) is 30.8 Å². The summed E-state index contributed by atoms with van der Waals surface area (Å²) < 4.78 is 66.6. The molecular formula is C20H15F5N8S. The van der Waals surface area contributed by atoms with Crippen molar-refractivity contribution in [3.63, 3.8) is 0 Å². The van der Waals surface area contributed by atoms with Crippen LogP contribution in [0.4, 0.5) is 27.8 Å². The number of hydrogen-bond acceptors (Lipinski definition) is 8. The Morgan fingerprint density at radius 1 is 1.09 bits per heavy atom. The number of pyridine rings is 1. The average Bonchev–Trinajstić information content (AvgIpc) is 3.24. The highest BCUT2D eigenvalue weighted by Gasteiger charge is 2.58. The lowest BCUT2D eigenvalue weighted by Gasteiger charge is -2.20. The summed E-state index contributed by atoms with van der Waals surface area (Å²) in [5.41, 5.74) is -0.294. The van der Waals surface area contributed by atoms with E-state index in [1.165, 1.54) is 18.3 Å². The number of rotatable bonds is 5. The minimum Gasteiger partial charge on any atom is -0.355 e. The summed E-state index contributed by atoms with van der Waals surface area (Å²) in [4.78, 5) is 14.3. The Hall–Kier alpha value is -3.29. The van der Waals surface area contributed by atoms with E-state index in [2.05, 4.69) is 30.2 Å². The number of piperidine rings is 1. The standard InChI is InChI=1S/C20H15F5N8S/c21-13(22)8-33-17-12(4-28-33)27-5-14(29-17)32-6-10-11(7-32)15(10)19-31-30-18(34-19)9-2-1-3-26-16(9)20(23,24)25/h1-5,10-11,13,15H,6-8H2/t10-,11+,15-. The molecule has 0 aromatic carbocycles. The van der Waals surface area contributed by atoms with Crippen LogP contribution < -0.4 is 4.90 Å². The molecule has 1 aliphatic heterocycles. The Morgan fingerprint density at radius 2 is 1.88 bits per heavy atom. The molecule has 8 nitrogen and oxygen atoms in total. The number of anilines is 1. The van der Waals surface area contributed by atoms with Gasteiger partial charge < -0.3 is 4.90 Å². The number of fused-ring (bicyclic) bond motifs is 2. The van der Waals surface area contributed by atoms with Crippen molar-refractivity contribution in [3.05, 3.63) is 41.4 Å². The monoisotopic (exact) mass is 494 g/mol. The molecule has 0 spiro atoms. The second kappa shape index (κ2) is 7.61. The van der Waals surface area contributed by atoms with Gasteiger partial charge in [0.2, 0.25) is 0 Å². The first kappa shape index (κ1) is 21.3. The van der Waals surface area contributed by atoms with Crippen molar-refractivity contribution in [3.8, 4) is 10.6 Å². The zero-order chi connectivity index (χ0) is 23.6. The molecule has 6 rings (SSSR count). The summed E-state index contributed by atoms with van der Waals surface area (Å²) in [6.07, 6.45) is -3.02. The molecule has 5 heterocycles. The summed E-state index contributed by atoms with van der Waals surface area (Å²) in [7, 11) is 0. The minimum absolute atomic E-state index is 0.0739.